The Morgan fingerprint density at radius 2 is 2.30 bits per heavy atom. The SMILES string of the molecule is C/C(=C(\F)CC#N)C1CC1. The van der Waals surface area contributed by atoms with E-state index in [0.29, 0.717) is 5.92 Å². The minimum absolute atomic E-state index is 0.0532. The molecule has 1 aliphatic rings. The van der Waals surface area contributed by atoms with Gasteiger partial charge in [-0.2, -0.15) is 5.26 Å². The first-order chi connectivity index (χ1) is 4.75. The van der Waals surface area contributed by atoms with Crippen LogP contribution in [0.4, 0.5) is 4.39 Å². The van der Waals surface area contributed by atoms with Crippen molar-refractivity contribution in [1.29, 1.82) is 5.26 Å². The highest BCUT2D eigenvalue weighted by atomic mass is 19.1. The van der Waals surface area contributed by atoms with E-state index in [1.54, 1.807) is 13.0 Å². The van der Waals surface area contributed by atoms with Gasteiger partial charge < -0.3 is 0 Å². The topological polar surface area (TPSA) is 23.8 Å². The molecule has 1 nitrogen and oxygen atoms in total. The monoisotopic (exact) mass is 139 g/mol. The quantitative estimate of drug-likeness (QED) is 0.576. The molecule has 0 aromatic heterocycles. The highest BCUT2D eigenvalue weighted by Crippen LogP contribution is 2.38. The molecule has 2 heteroatoms. The van der Waals surface area contributed by atoms with Crippen LogP contribution in [-0.2, 0) is 0 Å². The van der Waals surface area contributed by atoms with Gasteiger partial charge in [-0.1, -0.05) is 0 Å². The molecule has 0 spiro atoms. The lowest BCUT2D eigenvalue weighted by atomic mass is 10.1. The van der Waals surface area contributed by atoms with Crippen molar-refractivity contribution in [2.45, 2.75) is 26.2 Å². The lowest BCUT2D eigenvalue weighted by Gasteiger charge is -1.96. The van der Waals surface area contributed by atoms with Crippen molar-refractivity contribution in [2.24, 2.45) is 5.92 Å². The minimum Gasteiger partial charge on any atom is -0.211 e. The second-order valence-electron chi connectivity index (χ2n) is 2.70. The van der Waals surface area contributed by atoms with Gasteiger partial charge in [-0.05, 0) is 31.3 Å². The zero-order chi connectivity index (χ0) is 7.56. The number of nitrogens with zero attached hydrogens (tertiary/aromatic N) is 1. The predicted molar refractivity (Wildman–Crippen MR) is 36.8 cm³/mol. The highest BCUT2D eigenvalue weighted by molar-refractivity contribution is 5.16. The first-order valence-corrected chi connectivity index (χ1v) is 3.47. The fourth-order valence-corrected chi connectivity index (χ4v) is 0.947. The summed E-state index contributed by atoms with van der Waals surface area (Å²) < 4.78 is 12.7. The van der Waals surface area contributed by atoms with E-state index in [1.807, 2.05) is 0 Å². The zero-order valence-electron chi connectivity index (χ0n) is 6.02. The van der Waals surface area contributed by atoms with Crippen molar-refractivity contribution >= 4 is 0 Å². The summed E-state index contributed by atoms with van der Waals surface area (Å²) in [6, 6.07) is 1.80. The fraction of sp³-hybridized carbons (Fsp3) is 0.625. The first-order valence-electron chi connectivity index (χ1n) is 3.47. The van der Waals surface area contributed by atoms with E-state index >= 15 is 0 Å². The molecule has 0 atom stereocenters. The van der Waals surface area contributed by atoms with Crippen LogP contribution in [0.1, 0.15) is 26.2 Å². The maximum Gasteiger partial charge on any atom is 0.113 e. The Balaban J connectivity index is 2.55. The number of hydrogen-bond acceptors (Lipinski definition) is 1. The average molecular weight is 139 g/mol. The molecule has 0 N–H and O–H groups in total. The van der Waals surface area contributed by atoms with Crippen LogP contribution in [0.2, 0.25) is 0 Å². The number of allylic oxidation sites excluding steroid dienone is 2. The smallest absolute Gasteiger partial charge is 0.113 e. The van der Waals surface area contributed by atoms with Crippen LogP contribution in [-0.4, -0.2) is 0 Å². The van der Waals surface area contributed by atoms with Gasteiger partial charge in [0.2, 0.25) is 0 Å². The molecule has 10 heavy (non-hydrogen) atoms. The minimum atomic E-state index is -0.218. The Morgan fingerprint density at radius 3 is 2.70 bits per heavy atom. The Labute approximate surface area is 60.2 Å². The van der Waals surface area contributed by atoms with Crippen LogP contribution in [0.15, 0.2) is 11.4 Å². The van der Waals surface area contributed by atoms with Crippen molar-refractivity contribution in [3.05, 3.63) is 11.4 Å². The Bertz CT molecular complexity index is 196. The molecule has 1 saturated carbocycles. The van der Waals surface area contributed by atoms with E-state index in [9.17, 15) is 4.39 Å². The van der Waals surface area contributed by atoms with Crippen molar-refractivity contribution < 1.29 is 4.39 Å². The van der Waals surface area contributed by atoms with Crippen LogP contribution in [0.3, 0.4) is 0 Å². The van der Waals surface area contributed by atoms with Gasteiger partial charge in [0.15, 0.2) is 0 Å². The largest absolute Gasteiger partial charge is 0.211 e. The van der Waals surface area contributed by atoms with Crippen molar-refractivity contribution in [3.8, 4) is 6.07 Å². The van der Waals surface area contributed by atoms with Gasteiger partial charge in [-0.3, -0.25) is 0 Å². The van der Waals surface area contributed by atoms with Gasteiger partial charge in [0.1, 0.15) is 5.83 Å². The molecule has 0 heterocycles. The van der Waals surface area contributed by atoms with E-state index in [1.165, 1.54) is 0 Å². The molecule has 1 rings (SSSR count). The van der Waals surface area contributed by atoms with Crippen LogP contribution < -0.4 is 0 Å². The summed E-state index contributed by atoms with van der Waals surface area (Å²) in [6.07, 6.45) is 2.15. The number of nitriles is 1. The molecule has 0 aliphatic heterocycles. The summed E-state index contributed by atoms with van der Waals surface area (Å²) in [5.74, 6) is 0.235. The van der Waals surface area contributed by atoms with Crippen molar-refractivity contribution in [3.63, 3.8) is 0 Å². The molecule has 0 aromatic carbocycles. The molecule has 1 aliphatic carbocycles. The number of halogens is 1. The van der Waals surface area contributed by atoms with Gasteiger partial charge >= 0.3 is 0 Å². The van der Waals surface area contributed by atoms with Gasteiger partial charge in [-0.15, -0.1) is 0 Å². The van der Waals surface area contributed by atoms with E-state index in [-0.39, 0.29) is 12.2 Å². The van der Waals surface area contributed by atoms with Crippen molar-refractivity contribution in [1.82, 2.24) is 0 Å². The summed E-state index contributed by atoms with van der Waals surface area (Å²) in [5, 5.41) is 8.16. The third kappa shape index (κ3) is 1.57. The standard InChI is InChI=1S/C8H10FN/c1-6(7-2-3-7)8(9)4-5-10/h7H,2-4H2,1H3/b8-6+. The second kappa shape index (κ2) is 2.83. The van der Waals surface area contributed by atoms with Gasteiger partial charge in [0.25, 0.3) is 0 Å². The summed E-state index contributed by atoms with van der Waals surface area (Å²) in [7, 11) is 0. The molecule has 0 aromatic rings. The zero-order valence-corrected chi connectivity index (χ0v) is 6.02. The first kappa shape index (κ1) is 7.27. The molecule has 0 amide bonds. The van der Waals surface area contributed by atoms with Crippen LogP contribution in [0.25, 0.3) is 0 Å². The molecule has 1 fully saturated rings. The van der Waals surface area contributed by atoms with Gasteiger partial charge in [0.05, 0.1) is 12.5 Å². The summed E-state index contributed by atoms with van der Waals surface area (Å²) >= 11 is 0. The third-order valence-corrected chi connectivity index (χ3v) is 1.85. The molecule has 54 valence electrons. The summed E-state index contributed by atoms with van der Waals surface area (Å²) in [6.45, 7) is 1.78. The van der Waals surface area contributed by atoms with Crippen LogP contribution >= 0.6 is 0 Å². The third-order valence-electron chi connectivity index (χ3n) is 1.85. The number of hydrogen-bond donors (Lipinski definition) is 0. The van der Waals surface area contributed by atoms with E-state index in [2.05, 4.69) is 0 Å². The van der Waals surface area contributed by atoms with Crippen molar-refractivity contribution in [2.75, 3.05) is 0 Å². The second-order valence-corrected chi connectivity index (χ2v) is 2.70. The molecule has 0 unspecified atom stereocenters. The lowest BCUT2D eigenvalue weighted by Crippen LogP contribution is -1.83. The molecular weight excluding hydrogens is 129 g/mol. The maximum atomic E-state index is 12.7. The number of rotatable bonds is 2. The Hall–Kier alpha value is -0.840. The molecular formula is C8H10FN. The van der Waals surface area contributed by atoms with Gasteiger partial charge in [-0.25, -0.2) is 4.39 Å². The molecule has 0 bridgehead atoms. The molecule has 0 saturated heterocycles. The van der Waals surface area contributed by atoms with E-state index in [4.69, 9.17) is 5.26 Å². The fourth-order valence-electron chi connectivity index (χ4n) is 0.947. The molecule has 0 radical (unpaired) electrons. The summed E-state index contributed by atoms with van der Waals surface area (Å²) in [5.41, 5.74) is 0.793. The lowest BCUT2D eigenvalue weighted by molar-refractivity contribution is 0.597. The van der Waals surface area contributed by atoms with Crippen LogP contribution in [0.5, 0.6) is 0 Å². The van der Waals surface area contributed by atoms with E-state index < -0.39 is 0 Å². The average Bonchev–Trinajstić information content (AvgIpc) is 2.68. The normalized spacial score (nSPS) is 19.7. The maximum absolute atomic E-state index is 12.7. The predicted octanol–water partition coefficient (Wildman–Crippen LogP) is 2.55. The van der Waals surface area contributed by atoms with E-state index in [0.717, 1.165) is 18.4 Å². The van der Waals surface area contributed by atoms with Crippen LogP contribution in [0, 0.1) is 17.2 Å². The Kier molecular flexibility index (Phi) is 2.06. The summed E-state index contributed by atoms with van der Waals surface area (Å²) in [4.78, 5) is 0. The Morgan fingerprint density at radius 1 is 1.70 bits per heavy atom. The van der Waals surface area contributed by atoms with Gasteiger partial charge in [0, 0.05) is 0 Å². The highest BCUT2D eigenvalue weighted by Gasteiger charge is 2.25.